The van der Waals surface area contributed by atoms with Gasteiger partial charge in [0.05, 0.1) is 34.6 Å². The second-order valence-electron chi connectivity index (χ2n) is 10.6. The van der Waals surface area contributed by atoms with Crippen LogP contribution in [0.5, 0.6) is 5.75 Å². The molecule has 5 rings (SSSR count). The number of nitrogens with one attached hydrogen (secondary N) is 2. The summed E-state index contributed by atoms with van der Waals surface area (Å²) in [6, 6.07) is 7.57. The maximum Gasteiger partial charge on any atom is 0.291 e. The molecule has 2 saturated heterocycles. The quantitative estimate of drug-likeness (QED) is 0.287. The van der Waals surface area contributed by atoms with Gasteiger partial charge < -0.3 is 40.0 Å². The molecule has 3 aromatic rings. The molecule has 0 aliphatic carbocycles. The van der Waals surface area contributed by atoms with E-state index in [0.29, 0.717) is 69.1 Å². The molecule has 46 heavy (non-hydrogen) atoms. The first-order valence-corrected chi connectivity index (χ1v) is 15.0. The zero-order chi connectivity index (χ0) is 33.6. The second-order valence-corrected chi connectivity index (χ2v) is 11.4. The molecule has 3 amide bonds. The minimum absolute atomic E-state index is 0.00252. The summed E-state index contributed by atoms with van der Waals surface area (Å²) in [5.74, 6) is -1.82. The topological polar surface area (TPSA) is 166 Å². The van der Waals surface area contributed by atoms with Crippen molar-refractivity contribution < 1.29 is 38.5 Å². The molecule has 0 spiro atoms. The Morgan fingerprint density at radius 3 is 2.33 bits per heavy atom. The highest BCUT2D eigenvalue weighted by atomic mass is 35.5. The van der Waals surface area contributed by atoms with E-state index in [1.807, 2.05) is 0 Å². The lowest BCUT2D eigenvalue weighted by molar-refractivity contribution is -0.155. The number of methoxy groups -OCH3 is 1. The van der Waals surface area contributed by atoms with Gasteiger partial charge in [-0.2, -0.15) is 0 Å². The van der Waals surface area contributed by atoms with E-state index in [-0.39, 0.29) is 45.5 Å². The fourth-order valence-corrected chi connectivity index (χ4v) is 5.86. The lowest BCUT2D eigenvalue weighted by Crippen LogP contribution is -2.59. The minimum Gasteiger partial charge on any atom is -0.494 e. The number of imidazole rings is 1. The van der Waals surface area contributed by atoms with E-state index in [1.165, 1.54) is 36.1 Å². The predicted octanol–water partition coefficient (Wildman–Crippen LogP) is 2.89. The molecule has 16 heteroatoms. The number of aromatic nitrogens is 2. The third-order valence-corrected chi connectivity index (χ3v) is 8.56. The average molecular weight is 680 g/mol. The molecule has 0 bridgehead atoms. The Balaban J connectivity index is 0.00000154. The molecular weight excluding hydrogens is 646 g/mol. The minimum atomic E-state index is -1.36. The zero-order valence-electron chi connectivity index (χ0n) is 25.1. The number of piperazine rings is 1. The van der Waals surface area contributed by atoms with Gasteiger partial charge in [0.2, 0.25) is 0 Å². The van der Waals surface area contributed by atoms with Crippen LogP contribution in [0.1, 0.15) is 33.8 Å². The summed E-state index contributed by atoms with van der Waals surface area (Å²) in [5, 5.41) is 23.5. The first kappa shape index (κ1) is 34.6. The van der Waals surface area contributed by atoms with E-state index < -0.39 is 17.3 Å². The Kier molecular flexibility index (Phi) is 11.2. The molecule has 0 atom stereocenters. The van der Waals surface area contributed by atoms with Crippen molar-refractivity contribution in [1.29, 1.82) is 0 Å². The van der Waals surface area contributed by atoms with E-state index in [1.54, 1.807) is 29.0 Å². The zero-order valence-corrected chi connectivity index (χ0v) is 26.6. The van der Waals surface area contributed by atoms with Crippen molar-refractivity contribution in [2.24, 2.45) is 7.05 Å². The van der Waals surface area contributed by atoms with Gasteiger partial charge in [-0.3, -0.25) is 19.2 Å². The number of carboxylic acid groups (broad SMARTS) is 1. The monoisotopic (exact) mass is 678 g/mol. The molecule has 13 nitrogen and oxygen atoms in total. The molecule has 0 unspecified atom stereocenters. The predicted molar refractivity (Wildman–Crippen MR) is 168 cm³/mol. The summed E-state index contributed by atoms with van der Waals surface area (Å²) < 4.78 is 20.9. The Bertz CT molecular complexity index is 1620. The molecule has 0 saturated carbocycles. The first-order chi connectivity index (χ1) is 21.9. The highest BCUT2D eigenvalue weighted by Crippen LogP contribution is 2.35. The number of aliphatic hydroxyl groups is 1. The maximum atomic E-state index is 14.5. The molecule has 2 aromatic carbocycles. The van der Waals surface area contributed by atoms with Crippen molar-refractivity contribution in [3.8, 4) is 17.0 Å². The number of hydrogen-bond donors (Lipinski definition) is 4. The number of ether oxygens (including phenoxy) is 1. The highest BCUT2D eigenvalue weighted by molar-refractivity contribution is 6.34. The molecule has 4 N–H and O–H groups in total. The summed E-state index contributed by atoms with van der Waals surface area (Å²) in [4.78, 5) is 54.9. The summed E-state index contributed by atoms with van der Waals surface area (Å²) in [7, 11) is 2.94. The second kappa shape index (κ2) is 14.9. The maximum absolute atomic E-state index is 14.5. The van der Waals surface area contributed by atoms with Crippen molar-refractivity contribution in [3.05, 3.63) is 63.8 Å². The van der Waals surface area contributed by atoms with Crippen LogP contribution in [-0.4, -0.2) is 106 Å². The van der Waals surface area contributed by atoms with Crippen molar-refractivity contribution in [1.82, 2.24) is 24.7 Å². The van der Waals surface area contributed by atoms with Crippen LogP contribution in [0.2, 0.25) is 10.0 Å². The number of nitrogens with zero attached hydrogens (tertiary/aromatic N) is 4. The smallest absolute Gasteiger partial charge is 0.291 e. The van der Waals surface area contributed by atoms with Crippen molar-refractivity contribution in [2.45, 2.75) is 18.4 Å². The molecule has 2 aliphatic heterocycles. The normalized spacial score (nSPS) is 15.8. The summed E-state index contributed by atoms with van der Waals surface area (Å²) in [5.41, 5.74) is -0.00480. The van der Waals surface area contributed by atoms with E-state index in [2.05, 4.69) is 15.6 Å². The van der Waals surface area contributed by atoms with Gasteiger partial charge >= 0.3 is 0 Å². The van der Waals surface area contributed by atoms with Gasteiger partial charge in [0.1, 0.15) is 5.60 Å². The highest BCUT2D eigenvalue weighted by Gasteiger charge is 2.41. The van der Waals surface area contributed by atoms with Gasteiger partial charge in [0.15, 0.2) is 17.4 Å². The van der Waals surface area contributed by atoms with Crippen LogP contribution in [0.15, 0.2) is 36.5 Å². The van der Waals surface area contributed by atoms with Crippen molar-refractivity contribution in [2.75, 3.05) is 51.7 Å². The average Bonchev–Trinajstić information content (AvgIpc) is 3.43. The number of carbonyl (C=O) groups is 4. The van der Waals surface area contributed by atoms with Gasteiger partial charge in [-0.1, -0.05) is 23.2 Å². The Labute approximate surface area is 273 Å². The van der Waals surface area contributed by atoms with Gasteiger partial charge in [-0.15, -0.1) is 0 Å². The summed E-state index contributed by atoms with van der Waals surface area (Å²) in [6.07, 6.45) is 2.14. The molecule has 2 fully saturated rings. The van der Waals surface area contributed by atoms with Crippen LogP contribution >= 0.6 is 23.2 Å². The van der Waals surface area contributed by atoms with Gasteiger partial charge in [0, 0.05) is 44.5 Å². The van der Waals surface area contributed by atoms with Crippen LogP contribution in [-0.2, 0) is 16.6 Å². The van der Waals surface area contributed by atoms with Crippen LogP contribution < -0.4 is 15.4 Å². The Hall–Kier alpha value is -4.24. The SMILES string of the molecule is COc1ccc(-c2cnc(C(=O)Nc3ccc(C(=O)N4CCN(C(=O)C5(O)CCNCC5)CC4)c(Cl)c3)n2C)c(Cl)c1F.O=CO. The largest absolute Gasteiger partial charge is 0.494 e. The van der Waals surface area contributed by atoms with E-state index in [0.717, 1.165) is 0 Å². The Morgan fingerprint density at radius 2 is 1.72 bits per heavy atom. The summed E-state index contributed by atoms with van der Waals surface area (Å²) in [6.45, 7) is 2.14. The van der Waals surface area contributed by atoms with E-state index in [9.17, 15) is 23.9 Å². The number of carbonyl (C=O) groups excluding carboxylic acids is 3. The van der Waals surface area contributed by atoms with Gasteiger partial charge in [0.25, 0.3) is 24.2 Å². The molecular formula is C30H33Cl2FN6O7. The third kappa shape index (κ3) is 7.25. The third-order valence-electron chi connectivity index (χ3n) is 7.87. The number of rotatable bonds is 6. The van der Waals surface area contributed by atoms with E-state index >= 15 is 0 Å². The number of halogens is 3. The lowest BCUT2D eigenvalue weighted by atomic mass is 9.90. The standard InChI is InChI=1S/C29H31Cl2FN6O5.CH2O2/c1-36-21(19-5-6-22(43-2)24(32)23(19)31)16-34-25(36)26(39)35-17-3-4-18(20(30)15-17)27(40)37-11-13-38(14-12-37)28(41)29(42)7-9-33-10-8-29;2-1-3/h3-6,15-16,33,42H,7-14H2,1-2H3,(H,35,39);1H,(H,2,3). The number of piperidine rings is 1. The number of benzene rings is 2. The lowest BCUT2D eigenvalue weighted by Gasteiger charge is -2.40. The van der Waals surface area contributed by atoms with Crippen LogP contribution in [0.3, 0.4) is 0 Å². The number of anilines is 1. The van der Waals surface area contributed by atoms with Gasteiger partial charge in [-0.25, -0.2) is 9.37 Å². The Morgan fingerprint density at radius 1 is 1.09 bits per heavy atom. The molecule has 3 heterocycles. The molecule has 246 valence electrons. The molecule has 1 aromatic heterocycles. The first-order valence-electron chi connectivity index (χ1n) is 14.2. The van der Waals surface area contributed by atoms with Crippen molar-refractivity contribution >= 4 is 53.1 Å². The molecule has 2 aliphatic rings. The van der Waals surface area contributed by atoms with E-state index in [4.69, 9.17) is 37.8 Å². The fourth-order valence-electron chi connectivity index (χ4n) is 5.34. The molecule has 0 radical (unpaired) electrons. The van der Waals surface area contributed by atoms with Gasteiger partial charge in [-0.05, 0) is 56.3 Å². The number of hydrogen-bond acceptors (Lipinski definition) is 8. The summed E-state index contributed by atoms with van der Waals surface area (Å²) >= 11 is 12.7. The van der Waals surface area contributed by atoms with Crippen LogP contribution in [0.4, 0.5) is 10.1 Å². The van der Waals surface area contributed by atoms with Crippen molar-refractivity contribution in [3.63, 3.8) is 0 Å². The van der Waals surface area contributed by atoms with Crippen LogP contribution in [0.25, 0.3) is 11.3 Å². The number of amides is 3. The van der Waals surface area contributed by atoms with Crippen LogP contribution in [0, 0.1) is 5.82 Å². The fraction of sp³-hybridized carbons (Fsp3) is 0.367.